The molecule has 1 aliphatic rings. The minimum atomic E-state index is -0.388. The average molecular weight is 525 g/mol. The third kappa shape index (κ3) is 5.30. The molecule has 1 saturated heterocycles. The van der Waals surface area contributed by atoms with Gasteiger partial charge in [-0.2, -0.15) is 9.61 Å². The lowest BCUT2D eigenvalue weighted by molar-refractivity contribution is 0.0526. The van der Waals surface area contributed by atoms with E-state index in [4.69, 9.17) is 4.74 Å². The number of piperazine rings is 1. The molecule has 4 heterocycles. The number of nitrogens with zero attached hydrogens (tertiary/aromatic N) is 5. The number of carbonyl (C=O) groups excluding carboxylic acids is 2. The Bertz CT molecular complexity index is 1420. The zero-order chi connectivity index (χ0) is 25.1. The van der Waals surface area contributed by atoms with Crippen LogP contribution in [0.3, 0.4) is 0 Å². The number of carbonyl (C=O) groups is 2. The molecule has 10 nitrogen and oxygen atoms in total. The van der Waals surface area contributed by atoms with Gasteiger partial charge in [-0.15, -0.1) is 11.3 Å². The highest BCUT2D eigenvalue weighted by Crippen LogP contribution is 2.28. The number of hydrogen-bond acceptors (Lipinski definition) is 9. The number of aromatic nitrogens is 3. The van der Waals surface area contributed by atoms with Gasteiger partial charge in [0.25, 0.3) is 5.56 Å². The second kappa shape index (κ2) is 10.6. The number of anilines is 1. The predicted octanol–water partition coefficient (Wildman–Crippen LogP) is 3.41. The largest absolute Gasteiger partial charge is 0.462 e. The first-order chi connectivity index (χ1) is 17.5. The van der Waals surface area contributed by atoms with Crippen molar-refractivity contribution in [3.63, 3.8) is 0 Å². The molecular formula is C24H24N6O4S2. The van der Waals surface area contributed by atoms with E-state index in [1.807, 2.05) is 17.5 Å². The minimum absolute atomic E-state index is 0.193. The number of esters is 1. The standard InChI is InChI=1S/C24H24N6O4S2/c1-2-34-22(32)16-5-7-17(8-6-16)25-23(33)29-11-9-28(10-12-29)15-18-14-20(31)30-24(26-18)36-21(27-30)19-4-3-13-35-19/h3-8,13-14H,2,9-12,15H2,1H3,(H,25,33). The number of nitrogens with one attached hydrogen (secondary N) is 1. The smallest absolute Gasteiger partial charge is 0.338 e. The molecule has 1 aromatic carbocycles. The Morgan fingerprint density at radius 1 is 1.11 bits per heavy atom. The summed E-state index contributed by atoms with van der Waals surface area (Å²) in [7, 11) is 0. The molecule has 0 saturated carbocycles. The van der Waals surface area contributed by atoms with Gasteiger partial charge in [-0.25, -0.2) is 14.6 Å². The number of amides is 2. The van der Waals surface area contributed by atoms with Crippen molar-refractivity contribution in [1.82, 2.24) is 24.4 Å². The molecule has 1 N–H and O–H groups in total. The van der Waals surface area contributed by atoms with Gasteiger partial charge >= 0.3 is 12.0 Å². The molecular weight excluding hydrogens is 500 g/mol. The maximum absolute atomic E-state index is 12.7. The normalized spacial score (nSPS) is 14.2. The molecule has 36 heavy (non-hydrogen) atoms. The predicted molar refractivity (Wildman–Crippen MR) is 139 cm³/mol. The highest BCUT2D eigenvalue weighted by atomic mass is 32.1. The number of rotatable bonds is 6. The molecule has 12 heteroatoms. The van der Waals surface area contributed by atoms with Crippen LogP contribution in [0.15, 0.2) is 52.6 Å². The van der Waals surface area contributed by atoms with Crippen LogP contribution in [-0.2, 0) is 11.3 Å². The zero-order valence-corrected chi connectivity index (χ0v) is 21.2. The van der Waals surface area contributed by atoms with Crippen LogP contribution < -0.4 is 10.9 Å². The van der Waals surface area contributed by atoms with E-state index in [1.54, 1.807) is 47.4 Å². The summed E-state index contributed by atoms with van der Waals surface area (Å²) in [6.45, 7) is 5.03. The molecule has 186 valence electrons. The van der Waals surface area contributed by atoms with E-state index in [1.165, 1.54) is 21.9 Å². The van der Waals surface area contributed by atoms with Crippen LogP contribution in [0.5, 0.6) is 0 Å². The Hall–Kier alpha value is -3.61. The molecule has 0 bridgehead atoms. The number of urea groups is 1. The lowest BCUT2D eigenvalue weighted by Gasteiger charge is -2.34. The summed E-state index contributed by atoms with van der Waals surface area (Å²) in [6, 6.07) is 11.9. The topological polar surface area (TPSA) is 109 Å². The summed E-state index contributed by atoms with van der Waals surface area (Å²) >= 11 is 2.98. The van der Waals surface area contributed by atoms with Gasteiger partial charge in [-0.1, -0.05) is 17.4 Å². The van der Waals surface area contributed by atoms with E-state index in [0.29, 0.717) is 61.2 Å². The van der Waals surface area contributed by atoms with E-state index in [-0.39, 0.29) is 17.6 Å². The van der Waals surface area contributed by atoms with Gasteiger partial charge in [0.05, 0.1) is 22.7 Å². The van der Waals surface area contributed by atoms with Crippen LogP contribution in [0.4, 0.5) is 10.5 Å². The molecule has 4 aromatic rings. The first-order valence-electron chi connectivity index (χ1n) is 11.5. The van der Waals surface area contributed by atoms with Crippen molar-refractivity contribution >= 4 is 45.3 Å². The van der Waals surface area contributed by atoms with Crippen LogP contribution in [0.2, 0.25) is 0 Å². The fourth-order valence-corrected chi connectivity index (χ4v) is 5.60. The maximum atomic E-state index is 12.7. The van der Waals surface area contributed by atoms with E-state index in [0.717, 1.165) is 9.88 Å². The molecule has 2 amide bonds. The van der Waals surface area contributed by atoms with Crippen LogP contribution in [0.25, 0.3) is 14.8 Å². The molecule has 5 rings (SSSR count). The Morgan fingerprint density at radius 2 is 1.89 bits per heavy atom. The Labute approximate surface area is 214 Å². The fourth-order valence-electron chi connectivity index (χ4n) is 3.88. The third-order valence-corrected chi connectivity index (χ3v) is 7.67. The first-order valence-corrected chi connectivity index (χ1v) is 13.2. The highest BCUT2D eigenvalue weighted by molar-refractivity contribution is 7.23. The van der Waals surface area contributed by atoms with Crippen molar-refractivity contribution in [3.8, 4) is 9.88 Å². The lowest BCUT2D eigenvalue weighted by atomic mass is 10.2. The van der Waals surface area contributed by atoms with E-state index >= 15 is 0 Å². The van der Waals surface area contributed by atoms with Gasteiger partial charge in [0.1, 0.15) is 0 Å². The summed E-state index contributed by atoms with van der Waals surface area (Å²) in [5, 5.41) is 10.0. The zero-order valence-electron chi connectivity index (χ0n) is 19.5. The summed E-state index contributed by atoms with van der Waals surface area (Å²) in [6.07, 6.45) is 0. The molecule has 0 radical (unpaired) electrons. The SMILES string of the molecule is CCOC(=O)c1ccc(NC(=O)N2CCN(Cc3cc(=O)n4nc(-c5cccs5)sc4n3)CC2)cc1. The van der Waals surface area contributed by atoms with E-state index < -0.39 is 0 Å². The third-order valence-electron chi connectivity index (χ3n) is 5.72. The second-order valence-electron chi connectivity index (χ2n) is 8.16. The number of ether oxygens (including phenoxy) is 1. The number of hydrogen-bond donors (Lipinski definition) is 1. The van der Waals surface area contributed by atoms with Crippen molar-refractivity contribution in [2.45, 2.75) is 13.5 Å². The van der Waals surface area contributed by atoms with Crippen molar-refractivity contribution < 1.29 is 14.3 Å². The highest BCUT2D eigenvalue weighted by Gasteiger charge is 2.22. The molecule has 0 aliphatic carbocycles. The molecule has 1 fully saturated rings. The quantitative estimate of drug-likeness (QED) is 0.385. The molecule has 3 aromatic heterocycles. The maximum Gasteiger partial charge on any atom is 0.338 e. The monoisotopic (exact) mass is 524 g/mol. The Balaban J connectivity index is 1.16. The van der Waals surface area contributed by atoms with E-state index in [2.05, 4.69) is 20.3 Å². The second-order valence-corrected chi connectivity index (χ2v) is 10.1. The Morgan fingerprint density at radius 3 is 2.58 bits per heavy atom. The number of thiophene rings is 1. The summed E-state index contributed by atoms with van der Waals surface area (Å²) in [5.74, 6) is -0.388. The van der Waals surface area contributed by atoms with Gasteiger partial charge < -0.3 is 15.0 Å². The summed E-state index contributed by atoms with van der Waals surface area (Å²) in [5.41, 5.74) is 1.55. The van der Waals surface area contributed by atoms with Crippen LogP contribution in [-0.4, -0.2) is 69.2 Å². The van der Waals surface area contributed by atoms with Gasteiger partial charge in [-0.05, 0) is 42.6 Å². The fraction of sp³-hybridized carbons (Fsp3) is 0.292. The molecule has 0 spiro atoms. The van der Waals surface area contributed by atoms with Crippen LogP contribution >= 0.6 is 22.7 Å². The molecule has 0 atom stereocenters. The van der Waals surface area contributed by atoms with Gasteiger partial charge in [0.2, 0.25) is 4.96 Å². The number of fused-ring (bicyclic) bond motifs is 1. The van der Waals surface area contributed by atoms with Gasteiger partial charge in [0, 0.05) is 44.5 Å². The van der Waals surface area contributed by atoms with Crippen LogP contribution in [0, 0.1) is 0 Å². The average Bonchev–Trinajstić information content (AvgIpc) is 3.55. The summed E-state index contributed by atoms with van der Waals surface area (Å²) in [4.78, 5) is 47.2. The van der Waals surface area contributed by atoms with Gasteiger partial charge in [-0.3, -0.25) is 9.69 Å². The van der Waals surface area contributed by atoms with Crippen molar-refractivity contribution in [2.75, 3.05) is 38.1 Å². The summed E-state index contributed by atoms with van der Waals surface area (Å²) < 4.78 is 6.33. The molecule has 1 aliphatic heterocycles. The number of benzene rings is 1. The Kier molecular flexibility index (Phi) is 7.07. The van der Waals surface area contributed by atoms with Crippen molar-refractivity contribution in [1.29, 1.82) is 0 Å². The van der Waals surface area contributed by atoms with E-state index in [9.17, 15) is 14.4 Å². The van der Waals surface area contributed by atoms with Crippen molar-refractivity contribution in [2.24, 2.45) is 0 Å². The minimum Gasteiger partial charge on any atom is -0.462 e. The van der Waals surface area contributed by atoms with Crippen LogP contribution in [0.1, 0.15) is 23.0 Å². The van der Waals surface area contributed by atoms with Gasteiger partial charge in [0.15, 0.2) is 5.01 Å². The molecule has 0 unspecified atom stereocenters. The van der Waals surface area contributed by atoms with Crippen molar-refractivity contribution in [3.05, 3.63) is 69.5 Å². The first kappa shape index (κ1) is 24.1. The lowest BCUT2D eigenvalue weighted by Crippen LogP contribution is -2.49.